The highest BCUT2D eigenvalue weighted by molar-refractivity contribution is 5.24. The SMILES string of the molecule is CCCCCCCCC12CC(C(C)CN1)C(c1ccccc1)CC2C. The molecular weight excluding hydrogens is 302 g/mol. The summed E-state index contributed by atoms with van der Waals surface area (Å²) >= 11 is 0. The molecule has 1 aromatic carbocycles. The molecule has 0 spiro atoms. The van der Waals surface area contributed by atoms with Gasteiger partial charge in [0.2, 0.25) is 0 Å². The average Bonchev–Trinajstić information content (AvgIpc) is 2.64. The molecule has 1 aliphatic carbocycles. The van der Waals surface area contributed by atoms with Gasteiger partial charge in [0.1, 0.15) is 0 Å². The molecule has 0 aromatic heterocycles. The second kappa shape index (κ2) is 8.71. The van der Waals surface area contributed by atoms with Gasteiger partial charge >= 0.3 is 0 Å². The van der Waals surface area contributed by atoms with Crippen LogP contribution in [0, 0.1) is 17.8 Å². The van der Waals surface area contributed by atoms with Crippen molar-refractivity contribution in [2.45, 2.75) is 90.0 Å². The Morgan fingerprint density at radius 3 is 2.48 bits per heavy atom. The minimum atomic E-state index is 0.424. The van der Waals surface area contributed by atoms with Gasteiger partial charge in [-0.15, -0.1) is 0 Å². The van der Waals surface area contributed by atoms with Gasteiger partial charge in [0.15, 0.2) is 0 Å². The number of hydrogen-bond acceptors (Lipinski definition) is 1. The Bertz CT molecular complexity index is 510. The minimum absolute atomic E-state index is 0.424. The fourth-order valence-corrected chi connectivity index (χ4v) is 5.65. The third kappa shape index (κ3) is 4.30. The van der Waals surface area contributed by atoms with Crippen molar-refractivity contribution in [1.82, 2.24) is 5.32 Å². The number of nitrogens with one attached hydrogen (secondary N) is 1. The van der Waals surface area contributed by atoms with Crippen LogP contribution in [0.15, 0.2) is 30.3 Å². The van der Waals surface area contributed by atoms with Crippen molar-refractivity contribution in [3.8, 4) is 0 Å². The molecule has 3 rings (SSSR count). The highest BCUT2D eigenvalue weighted by Crippen LogP contribution is 2.52. The zero-order valence-electron chi connectivity index (χ0n) is 16.8. The van der Waals surface area contributed by atoms with Gasteiger partial charge in [0, 0.05) is 5.54 Å². The number of piperidine rings is 1. The van der Waals surface area contributed by atoms with E-state index in [1.165, 1.54) is 64.3 Å². The third-order valence-electron chi connectivity index (χ3n) is 7.38. The molecule has 1 N–H and O–H groups in total. The summed E-state index contributed by atoms with van der Waals surface area (Å²) in [6, 6.07) is 11.3. The van der Waals surface area contributed by atoms with Crippen LogP contribution in [0.3, 0.4) is 0 Å². The summed E-state index contributed by atoms with van der Waals surface area (Å²) in [5.41, 5.74) is 2.01. The summed E-state index contributed by atoms with van der Waals surface area (Å²) in [7, 11) is 0. The quantitative estimate of drug-likeness (QED) is 0.529. The highest BCUT2D eigenvalue weighted by atomic mass is 15.0. The maximum absolute atomic E-state index is 4.04. The van der Waals surface area contributed by atoms with Crippen molar-refractivity contribution >= 4 is 0 Å². The maximum atomic E-state index is 4.04. The standard InChI is InChI=1S/C24H39N/c1-4-5-6-7-8-12-15-24-17-23(19(2)18-25-24)22(16-20(24)3)21-13-10-9-11-14-21/h9-11,13-14,19-20,22-23,25H,4-8,12,15-18H2,1-3H3. The Hall–Kier alpha value is -0.820. The van der Waals surface area contributed by atoms with E-state index in [2.05, 4.69) is 56.4 Å². The second-order valence-electron chi connectivity index (χ2n) is 9.05. The van der Waals surface area contributed by atoms with Crippen molar-refractivity contribution in [3.05, 3.63) is 35.9 Å². The van der Waals surface area contributed by atoms with Crippen LogP contribution in [0.25, 0.3) is 0 Å². The first-order valence-corrected chi connectivity index (χ1v) is 11.0. The zero-order valence-corrected chi connectivity index (χ0v) is 16.8. The molecule has 2 bridgehead atoms. The summed E-state index contributed by atoms with van der Waals surface area (Å²) in [6.07, 6.45) is 12.6. The summed E-state index contributed by atoms with van der Waals surface area (Å²) in [5, 5.41) is 4.04. The molecule has 1 heteroatoms. The summed E-state index contributed by atoms with van der Waals surface area (Å²) in [5.74, 6) is 3.22. The number of hydrogen-bond donors (Lipinski definition) is 1. The van der Waals surface area contributed by atoms with E-state index in [9.17, 15) is 0 Å². The molecule has 1 aromatic rings. The Labute approximate surface area is 156 Å². The van der Waals surface area contributed by atoms with Crippen molar-refractivity contribution < 1.29 is 0 Å². The minimum Gasteiger partial charge on any atom is -0.311 e. The van der Waals surface area contributed by atoms with E-state index in [4.69, 9.17) is 0 Å². The number of fused-ring (bicyclic) bond motifs is 2. The normalized spacial score (nSPS) is 34.8. The van der Waals surface area contributed by atoms with Crippen LogP contribution in [0.4, 0.5) is 0 Å². The first-order chi connectivity index (χ1) is 12.2. The molecule has 1 aliphatic heterocycles. The van der Waals surface area contributed by atoms with Crippen molar-refractivity contribution in [3.63, 3.8) is 0 Å². The van der Waals surface area contributed by atoms with Gasteiger partial charge in [-0.05, 0) is 55.0 Å². The van der Waals surface area contributed by atoms with E-state index >= 15 is 0 Å². The Morgan fingerprint density at radius 2 is 1.72 bits per heavy atom. The lowest BCUT2D eigenvalue weighted by atomic mass is 9.56. The van der Waals surface area contributed by atoms with E-state index in [0.29, 0.717) is 5.54 Å². The van der Waals surface area contributed by atoms with E-state index in [0.717, 1.165) is 23.7 Å². The highest BCUT2D eigenvalue weighted by Gasteiger charge is 2.49. The van der Waals surface area contributed by atoms with Gasteiger partial charge in [-0.1, -0.05) is 89.6 Å². The Balaban J connectivity index is 1.63. The lowest BCUT2D eigenvalue weighted by Gasteiger charge is -2.56. The van der Waals surface area contributed by atoms with E-state index in [1.807, 2.05) is 0 Å². The first kappa shape index (κ1) is 19.0. The van der Waals surface area contributed by atoms with Crippen LogP contribution in [0.5, 0.6) is 0 Å². The topological polar surface area (TPSA) is 12.0 Å². The summed E-state index contributed by atoms with van der Waals surface area (Å²) in [6.45, 7) is 8.51. The maximum Gasteiger partial charge on any atom is 0.0210 e. The Kier molecular flexibility index (Phi) is 6.61. The fourth-order valence-electron chi connectivity index (χ4n) is 5.65. The summed E-state index contributed by atoms with van der Waals surface area (Å²) < 4.78 is 0. The lowest BCUT2D eigenvalue weighted by molar-refractivity contribution is 0.0178. The van der Waals surface area contributed by atoms with Crippen molar-refractivity contribution in [1.29, 1.82) is 0 Å². The van der Waals surface area contributed by atoms with E-state index in [-0.39, 0.29) is 0 Å². The first-order valence-electron chi connectivity index (χ1n) is 11.0. The molecule has 1 heterocycles. The Morgan fingerprint density at radius 1 is 1.00 bits per heavy atom. The predicted molar refractivity (Wildman–Crippen MR) is 109 cm³/mol. The molecule has 1 nitrogen and oxygen atoms in total. The smallest absolute Gasteiger partial charge is 0.0210 e. The van der Waals surface area contributed by atoms with Crippen LogP contribution in [0.1, 0.15) is 90.0 Å². The van der Waals surface area contributed by atoms with Crippen molar-refractivity contribution in [2.24, 2.45) is 17.8 Å². The largest absolute Gasteiger partial charge is 0.311 e. The van der Waals surface area contributed by atoms with Crippen LogP contribution < -0.4 is 5.32 Å². The molecular formula is C24H39N. The number of benzene rings is 1. The predicted octanol–water partition coefficient (Wildman–Crippen LogP) is 6.55. The zero-order chi connectivity index (χ0) is 17.7. The van der Waals surface area contributed by atoms with Gasteiger partial charge in [0.25, 0.3) is 0 Å². The van der Waals surface area contributed by atoms with E-state index < -0.39 is 0 Å². The van der Waals surface area contributed by atoms with Gasteiger partial charge in [-0.2, -0.15) is 0 Å². The third-order valence-corrected chi connectivity index (χ3v) is 7.38. The summed E-state index contributed by atoms with van der Waals surface area (Å²) in [4.78, 5) is 0. The fraction of sp³-hybridized carbons (Fsp3) is 0.750. The monoisotopic (exact) mass is 341 g/mol. The number of unbranched alkanes of at least 4 members (excludes halogenated alkanes) is 5. The van der Waals surface area contributed by atoms with Crippen LogP contribution in [-0.2, 0) is 0 Å². The molecule has 2 fully saturated rings. The molecule has 0 amide bonds. The molecule has 5 atom stereocenters. The van der Waals surface area contributed by atoms with Gasteiger partial charge < -0.3 is 5.32 Å². The molecule has 0 radical (unpaired) electrons. The van der Waals surface area contributed by atoms with Gasteiger partial charge in [-0.3, -0.25) is 0 Å². The van der Waals surface area contributed by atoms with Crippen LogP contribution >= 0.6 is 0 Å². The molecule has 140 valence electrons. The van der Waals surface area contributed by atoms with E-state index in [1.54, 1.807) is 5.56 Å². The molecule has 1 saturated heterocycles. The van der Waals surface area contributed by atoms with Gasteiger partial charge in [0.05, 0.1) is 0 Å². The molecule has 1 saturated carbocycles. The average molecular weight is 342 g/mol. The second-order valence-corrected chi connectivity index (χ2v) is 9.05. The number of rotatable bonds is 8. The molecule has 2 aliphatic rings. The van der Waals surface area contributed by atoms with Crippen LogP contribution in [-0.4, -0.2) is 12.1 Å². The van der Waals surface area contributed by atoms with Crippen LogP contribution in [0.2, 0.25) is 0 Å². The van der Waals surface area contributed by atoms with Gasteiger partial charge in [-0.25, -0.2) is 0 Å². The lowest BCUT2D eigenvalue weighted by Crippen LogP contribution is -2.61. The molecule has 5 unspecified atom stereocenters. The molecule has 25 heavy (non-hydrogen) atoms. The van der Waals surface area contributed by atoms with Crippen molar-refractivity contribution in [2.75, 3.05) is 6.54 Å².